The largest absolute Gasteiger partial charge is 0.466 e. The van der Waals surface area contributed by atoms with Crippen LogP contribution in [0.15, 0.2) is 28.8 Å². The number of rotatable bonds is 3. The van der Waals surface area contributed by atoms with Crippen molar-refractivity contribution < 1.29 is 32.6 Å². The first kappa shape index (κ1) is 19.4. The van der Waals surface area contributed by atoms with Gasteiger partial charge in [-0.15, -0.1) is 0 Å². The van der Waals surface area contributed by atoms with E-state index in [1.807, 2.05) is 0 Å². The summed E-state index contributed by atoms with van der Waals surface area (Å²) in [5, 5.41) is 22.9. The lowest BCUT2D eigenvalue weighted by Gasteiger charge is -2.23. The van der Waals surface area contributed by atoms with Gasteiger partial charge in [0.25, 0.3) is 5.91 Å². The van der Waals surface area contributed by atoms with Crippen LogP contribution in [0.5, 0.6) is 0 Å². The number of aliphatic hydroxyl groups excluding tert-OH is 2. The van der Waals surface area contributed by atoms with E-state index < -0.39 is 41.9 Å². The number of furan rings is 1. The van der Waals surface area contributed by atoms with Gasteiger partial charge in [0, 0.05) is 12.1 Å². The minimum absolute atomic E-state index is 0.0859. The number of aryl methyl sites for hydroxylation is 2. The summed E-state index contributed by atoms with van der Waals surface area (Å²) in [6.07, 6.45) is -5.78. The molecule has 0 unspecified atom stereocenters. The van der Waals surface area contributed by atoms with Crippen LogP contribution in [-0.4, -0.2) is 39.4 Å². The Morgan fingerprint density at radius 2 is 2.00 bits per heavy atom. The first-order valence-electron chi connectivity index (χ1n) is 8.35. The number of halogens is 3. The van der Waals surface area contributed by atoms with E-state index in [1.54, 1.807) is 19.9 Å². The van der Waals surface area contributed by atoms with E-state index in [-0.39, 0.29) is 6.42 Å². The van der Waals surface area contributed by atoms with Crippen molar-refractivity contribution in [1.29, 1.82) is 0 Å². The van der Waals surface area contributed by atoms with Crippen LogP contribution in [0.1, 0.15) is 45.5 Å². The molecule has 2 heterocycles. The van der Waals surface area contributed by atoms with Crippen LogP contribution < -0.4 is 5.32 Å². The Kier molecular flexibility index (Phi) is 5.00. The van der Waals surface area contributed by atoms with Gasteiger partial charge in [-0.1, -0.05) is 6.07 Å². The topological polar surface area (TPSA) is 95.6 Å². The van der Waals surface area contributed by atoms with Crippen molar-refractivity contribution >= 4 is 5.91 Å². The Morgan fingerprint density at radius 3 is 2.52 bits per heavy atom. The van der Waals surface area contributed by atoms with E-state index in [1.165, 1.54) is 6.07 Å². The lowest BCUT2D eigenvalue weighted by molar-refractivity contribution is -0.141. The minimum Gasteiger partial charge on any atom is -0.466 e. The molecule has 0 aliphatic heterocycles. The molecule has 2 aromatic rings. The van der Waals surface area contributed by atoms with E-state index in [0.717, 1.165) is 12.3 Å². The number of hydrogen-bond donors (Lipinski definition) is 3. The second-order valence-corrected chi connectivity index (χ2v) is 6.70. The van der Waals surface area contributed by atoms with E-state index in [0.29, 0.717) is 22.6 Å². The van der Waals surface area contributed by atoms with Gasteiger partial charge in [-0.3, -0.25) is 9.78 Å². The quantitative estimate of drug-likeness (QED) is 0.755. The number of carbonyl (C=O) groups is 1. The maximum atomic E-state index is 12.7. The fourth-order valence-corrected chi connectivity index (χ4v) is 3.43. The minimum atomic E-state index is -4.56. The zero-order chi connectivity index (χ0) is 19.9. The Balaban J connectivity index is 1.84. The number of pyridine rings is 1. The van der Waals surface area contributed by atoms with Crippen molar-refractivity contribution in [3.05, 3.63) is 52.7 Å². The summed E-state index contributed by atoms with van der Waals surface area (Å²) in [6, 6.07) is 2.77. The summed E-state index contributed by atoms with van der Waals surface area (Å²) in [5.74, 6) is -0.117. The van der Waals surface area contributed by atoms with Crippen LogP contribution in [0.25, 0.3) is 0 Å². The Labute approximate surface area is 153 Å². The third-order valence-electron chi connectivity index (χ3n) is 4.78. The van der Waals surface area contributed by atoms with Gasteiger partial charge in [0.1, 0.15) is 23.3 Å². The van der Waals surface area contributed by atoms with Crippen LogP contribution in [0, 0.1) is 13.8 Å². The van der Waals surface area contributed by atoms with E-state index in [2.05, 4.69) is 10.3 Å². The summed E-state index contributed by atoms with van der Waals surface area (Å²) in [4.78, 5) is 15.9. The monoisotopic (exact) mass is 384 g/mol. The zero-order valence-corrected chi connectivity index (χ0v) is 14.6. The summed E-state index contributed by atoms with van der Waals surface area (Å²) in [7, 11) is 0. The lowest BCUT2D eigenvalue weighted by Crippen LogP contribution is -2.45. The van der Waals surface area contributed by atoms with Crippen molar-refractivity contribution in [2.24, 2.45) is 0 Å². The zero-order valence-electron chi connectivity index (χ0n) is 14.6. The molecule has 0 bridgehead atoms. The molecule has 1 aliphatic carbocycles. The third-order valence-corrected chi connectivity index (χ3v) is 4.78. The highest BCUT2D eigenvalue weighted by molar-refractivity contribution is 5.95. The lowest BCUT2D eigenvalue weighted by atomic mass is 9.94. The van der Waals surface area contributed by atoms with Crippen LogP contribution in [0.2, 0.25) is 0 Å². The number of nitrogens with one attached hydrogen (secondary N) is 1. The third kappa shape index (κ3) is 3.84. The summed E-state index contributed by atoms with van der Waals surface area (Å²) >= 11 is 0. The van der Waals surface area contributed by atoms with Gasteiger partial charge in [-0.2, -0.15) is 13.2 Å². The highest BCUT2D eigenvalue weighted by Crippen LogP contribution is 2.36. The predicted octanol–water partition coefficient (Wildman–Crippen LogP) is 2.32. The fraction of sp³-hybridized carbons (Fsp3) is 0.444. The molecule has 3 rings (SSSR count). The number of aromatic nitrogens is 1. The molecule has 1 amide bonds. The SMILES string of the molecule is Cc1cc(C(=O)N[C@H]2[C@H](O)[C@H](O)C[C@@H]2c2ccc(C(F)(F)F)nc2)c(C)o1. The number of nitrogens with zero attached hydrogens (tertiary/aromatic N) is 1. The molecule has 6 nitrogen and oxygen atoms in total. The number of carbonyl (C=O) groups excluding carboxylic acids is 1. The smallest absolute Gasteiger partial charge is 0.433 e. The first-order valence-corrected chi connectivity index (χ1v) is 8.35. The van der Waals surface area contributed by atoms with Crippen molar-refractivity contribution in [3.8, 4) is 0 Å². The van der Waals surface area contributed by atoms with Crippen molar-refractivity contribution in [3.63, 3.8) is 0 Å². The Hall–Kier alpha value is -2.39. The van der Waals surface area contributed by atoms with Crippen LogP contribution in [0.4, 0.5) is 13.2 Å². The molecule has 27 heavy (non-hydrogen) atoms. The van der Waals surface area contributed by atoms with Crippen LogP contribution in [-0.2, 0) is 6.18 Å². The summed E-state index contributed by atoms with van der Waals surface area (Å²) < 4.78 is 43.4. The van der Waals surface area contributed by atoms with Gasteiger partial charge >= 0.3 is 6.18 Å². The Morgan fingerprint density at radius 1 is 1.30 bits per heavy atom. The molecule has 4 atom stereocenters. The van der Waals surface area contributed by atoms with E-state index in [9.17, 15) is 28.2 Å². The summed E-state index contributed by atoms with van der Waals surface area (Å²) in [5.41, 5.74) is -0.343. The molecular formula is C18H19F3N2O4. The molecule has 0 radical (unpaired) electrons. The summed E-state index contributed by atoms with van der Waals surface area (Å²) in [6.45, 7) is 3.31. The van der Waals surface area contributed by atoms with Gasteiger partial charge in [0.2, 0.25) is 0 Å². The average Bonchev–Trinajstić information content (AvgIpc) is 3.07. The number of alkyl halides is 3. The van der Waals surface area contributed by atoms with Crippen LogP contribution in [0.3, 0.4) is 0 Å². The van der Waals surface area contributed by atoms with Crippen molar-refractivity contribution in [2.45, 2.75) is 50.6 Å². The fourth-order valence-electron chi connectivity index (χ4n) is 3.43. The van der Waals surface area contributed by atoms with E-state index in [4.69, 9.17) is 4.42 Å². The second-order valence-electron chi connectivity index (χ2n) is 6.70. The van der Waals surface area contributed by atoms with Gasteiger partial charge in [0.05, 0.1) is 17.7 Å². The molecule has 3 N–H and O–H groups in total. The molecular weight excluding hydrogens is 365 g/mol. The molecule has 9 heteroatoms. The van der Waals surface area contributed by atoms with Crippen LogP contribution >= 0.6 is 0 Å². The van der Waals surface area contributed by atoms with Gasteiger partial charge in [-0.25, -0.2) is 0 Å². The Bertz CT molecular complexity index is 832. The van der Waals surface area contributed by atoms with Gasteiger partial charge in [-0.05, 0) is 38.0 Å². The normalized spacial score (nSPS) is 25.6. The molecule has 1 fully saturated rings. The molecule has 2 aromatic heterocycles. The van der Waals surface area contributed by atoms with Gasteiger partial charge < -0.3 is 19.9 Å². The molecule has 0 saturated heterocycles. The first-order chi connectivity index (χ1) is 12.6. The molecule has 0 spiro atoms. The molecule has 1 saturated carbocycles. The van der Waals surface area contributed by atoms with Crippen molar-refractivity contribution in [1.82, 2.24) is 10.3 Å². The highest BCUT2D eigenvalue weighted by Gasteiger charge is 2.44. The maximum absolute atomic E-state index is 12.7. The molecule has 0 aromatic carbocycles. The number of amides is 1. The van der Waals surface area contributed by atoms with Crippen molar-refractivity contribution in [2.75, 3.05) is 0 Å². The maximum Gasteiger partial charge on any atom is 0.433 e. The standard InChI is InChI=1S/C18H19F3N2O4/c1-8-5-11(9(2)27-8)17(26)23-15-12(6-13(24)16(15)25)10-3-4-14(22-7-10)18(19,20)21/h3-5,7,12-13,15-16,24-25H,6H2,1-2H3,(H,23,26)/t12-,13-,15-,16-/m1/s1. The van der Waals surface area contributed by atoms with E-state index >= 15 is 0 Å². The molecule has 146 valence electrons. The predicted molar refractivity (Wildman–Crippen MR) is 88.0 cm³/mol. The second kappa shape index (κ2) is 6.97. The molecule has 1 aliphatic rings. The highest BCUT2D eigenvalue weighted by atomic mass is 19.4. The average molecular weight is 384 g/mol. The number of hydrogen-bond acceptors (Lipinski definition) is 5. The number of aliphatic hydroxyl groups is 2. The van der Waals surface area contributed by atoms with Gasteiger partial charge in [0.15, 0.2) is 0 Å².